The fourth-order valence-corrected chi connectivity index (χ4v) is 2.63. The fraction of sp³-hybridized carbons (Fsp3) is 0.667. The molecule has 0 N–H and O–H groups in total. The van der Waals surface area contributed by atoms with Crippen molar-refractivity contribution in [3.05, 3.63) is 23.3 Å². The van der Waals surface area contributed by atoms with Gasteiger partial charge >= 0.3 is 0 Å². The van der Waals surface area contributed by atoms with E-state index in [0.717, 1.165) is 24.7 Å². The molecule has 0 atom stereocenters. The Morgan fingerprint density at radius 1 is 1.22 bits per heavy atom. The van der Waals surface area contributed by atoms with Gasteiger partial charge in [0.05, 0.1) is 0 Å². The van der Waals surface area contributed by atoms with Crippen molar-refractivity contribution in [3.63, 3.8) is 0 Å². The molecule has 0 bridgehead atoms. The van der Waals surface area contributed by atoms with E-state index in [1.165, 1.54) is 30.4 Å². The molecule has 1 saturated carbocycles. The average Bonchev–Trinajstić information content (AvgIpc) is 2.85. The molecule has 0 aliphatic heterocycles. The van der Waals surface area contributed by atoms with Crippen molar-refractivity contribution in [3.8, 4) is 0 Å². The predicted octanol–water partition coefficient (Wildman–Crippen LogP) is 3.60. The van der Waals surface area contributed by atoms with Gasteiger partial charge in [-0.1, -0.05) is 12.2 Å². The first-order chi connectivity index (χ1) is 8.63. The van der Waals surface area contributed by atoms with E-state index in [1.807, 2.05) is 0 Å². The van der Waals surface area contributed by atoms with E-state index in [2.05, 4.69) is 49.8 Å². The molecule has 0 heterocycles. The number of hydrogen-bond acceptors (Lipinski definition) is 1. The molecule has 0 aromatic rings. The minimum atomic E-state index is 0.937. The Kier molecular flexibility index (Phi) is 6.41. The molecule has 102 valence electrons. The van der Waals surface area contributed by atoms with Crippen LogP contribution in [0.5, 0.6) is 0 Å². The molecular formula is C15H26N2S. The lowest BCUT2D eigenvalue weighted by Gasteiger charge is -2.29. The van der Waals surface area contributed by atoms with Gasteiger partial charge in [-0.3, -0.25) is 0 Å². The normalized spacial score (nSPS) is 19.6. The molecule has 0 amide bonds. The van der Waals surface area contributed by atoms with Crippen molar-refractivity contribution in [2.45, 2.75) is 40.0 Å². The molecule has 1 aliphatic rings. The Morgan fingerprint density at radius 2 is 1.89 bits per heavy atom. The van der Waals surface area contributed by atoms with Crippen molar-refractivity contribution >= 4 is 17.3 Å². The SMILES string of the molecule is C/C=C1\CCC\C1=C/CN(CC)C(=S)N(C)CC. The lowest BCUT2D eigenvalue weighted by molar-refractivity contribution is 0.401. The van der Waals surface area contributed by atoms with E-state index in [-0.39, 0.29) is 0 Å². The molecular weight excluding hydrogens is 240 g/mol. The molecule has 18 heavy (non-hydrogen) atoms. The first-order valence-electron chi connectivity index (χ1n) is 6.98. The Morgan fingerprint density at radius 3 is 2.44 bits per heavy atom. The van der Waals surface area contributed by atoms with Crippen LogP contribution in [0.4, 0.5) is 0 Å². The van der Waals surface area contributed by atoms with E-state index in [9.17, 15) is 0 Å². The van der Waals surface area contributed by atoms with Gasteiger partial charge in [-0.15, -0.1) is 0 Å². The smallest absolute Gasteiger partial charge is 0.171 e. The van der Waals surface area contributed by atoms with Crippen LogP contribution in [-0.2, 0) is 0 Å². The van der Waals surface area contributed by atoms with Gasteiger partial charge in [0.2, 0.25) is 0 Å². The first-order valence-corrected chi connectivity index (χ1v) is 7.39. The topological polar surface area (TPSA) is 6.48 Å². The van der Waals surface area contributed by atoms with Crippen molar-refractivity contribution in [1.29, 1.82) is 0 Å². The third-order valence-electron chi connectivity index (χ3n) is 3.66. The summed E-state index contributed by atoms with van der Waals surface area (Å²) in [6.45, 7) is 9.31. The molecule has 0 radical (unpaired) electrons. The number of allylic oxidation sites excluding steroid dienone is 3. The van der Waals surface area contributed by atoms with E-state index >= 15 is 0 Å². The minimum absolute atomic E-state index is 0.937. The molecule has 0 aromatic heterocycles. The van der Waals surface area contributed by atoms with Gasteiger partial charge < -0.3 is 9.80 Å². The van der Waals surface area contributed by atoms with Gasteiger partial charge in [-0.2, -0.15) is 0 Å². The van der Waals surface area contributed by atoms with Crippen LogP contribution in [0.3, 0.4) is 0 Å². The van der Waals surface area contributed by atoms with E-state index < -0.39 is 0 Å². The van der Waals surface area contributed by atoms with Crippen molar-refractivity contribution in [1.82, 2.24) is 9.80 Å². The molecule has 2 nitrogen and oxygen atoms in total. The average molecular weight is 266 g/mol. The highest BCUT2D eigenvalue weighted by Gasteiger charge is 2.14. The fourth-order valence-electron chi connectivity index (χ4n) is 2.29. The molecule has 1 aliphatic carbocycles. The number of thiocarbonyl (C=S) groups is 1. The second kappa shape index (κ2) is 7.57. The quantitative estimate of drug-likeness (QED) is 0.718. The summed E-state index contributed by atoms with van der Waals surface area (Å²) in [5.74, 6) is 0. The standard InChI is InChI=1S/C15H26N2S/c1-5-13-9-8-10-14(13)11-12-17(7-3)15(18)16(4)6-2/h5,11H,6-10,12H2,1-4H3/b13-5+,14-11+. The van der Waals surface area contributed by atoms with Crippen molar-refractivity contribution in [2.24, 2.45) is 0 Å². The second-order valence-corrected chi connectivity index (χ2v) is 5.10. The largest absolute Gasteiger partial charge is 0.352 e. The molecule has 1 fully saturated rings. The number of hydrogen-bond donors (Lipinski definition) is 0. The molecule has 0 saturated heterocycles. The number of rotatable bonds is 4. The lowest BCUT2D eigenvalue weighted by atomic mass is 10.1. The Hall–Kier alpha value is -0.830. The summed E-state index contributed by atoms with van der Waals surface area (Å²) in [6.07, 6.45) is 8.39. The summed E-state index contributed by atoms with van der Waals surface area (Å²) in [5, 5.41) is 0.955. The highest BCUT2D eigenvalue weighted by molar-refractivity contribution is 7.80. The van der Waals surface area contributed by atoms with Crippen molar-refractivity contribution < 1.29 is 0 Å². The maximum Gasteiger partial charge on any atom is 0.171 e. The van der Waals surface area contributed by atoms with E-state index in [1.54, 1.807) is 0 Å². The maximum atomic E-state index is 5.50. The molecule has 1 rings (SSSR count). The van der Waals surface area contributed by atoms with E-state index in [0.29, 0.717) is 0 Å². The lowest BCUT2D eigenvalue weighted by Crippen LogP contribution is -2.40. The summed E-state index contributed by atoms with van der Waals surface area (Å²) in [7, 11) is 2.06. The van der Waals surface area contributed by atoms with Crippen LogP contribution in [0, 0.1) is 0 Å². The zero-order valence-electron chi connectivity index (χ0n) is 12.2. The molecule has 0 unspecified atom stereocenters. The van der Waals surface area contributed by atoms with Crippen LogP contribution in [0.25, 0.3) is 0 Å². The minimum Gasteiger partial charge on any atom is -0.352 e. The Balaban J connectivity index is 2.64. The van der Waals surface area contributed by atoms with E-state index in [4.69, 9.17) is 12.2 Å². The summed E-state index contributed by atoms with van der Waals surface area (Å²) in [4.78, 5) is 4.39. The van der Waals surface area contributed by atoms with Gasteiger partial charge in [0.1, 0.15) is 0 Å². The van der Waals surface area contributed by atoms with Crippen LogP contribution in [0.15, 0.2) is 23.3 Å². The Labute approximate surface area is 117 Å². The van der Waals surface area contributed by atoms with Gasteiger partial charge in [-0.25, -0.2) is 0 Å². The highest BCUT2D eigenvalue weighted by atomic mass is 32.1. The third kappa shape index (κ3) is 3.84. The Bertz CT molecular complexity index is 344. The van der Waals surface area contributed by atoms with Gasteiger partial charge in [0.15, 0.2) is 5.11 Å². The second-order valence-electron chi connectivity index (χ2n) is 4.73. The third-order valence-corrected chi connectivity index (χ3v) is 4.23. The van der Waals surface area contributed by atoms with Crippen molar-refractivity contribution in [2.75, 3.05) is 26.7 Å². The van der Waals surface area contributed by atoms with Gasteiger partial charge in [0.25, 0.3) is 0 Å². The summed E-state index contributed by atoms with van der Waals surface area (Å²) < 4.78 is 0. The van der Waals surface area contributed by atoms with Gasteiger partial charge in [-0.05, 0) is 63.4 Å². The van der Waals surface area contributed by atoms with Crippen LogP contribution >= 0.6 is 12.2 Å². The highest BCUT2D eigenvalue weighted by Crippen LogP contribution is 2.29. The van der Waals surface area contributed by atoms with Crippen LogP contribution < -0.4 is 0 Å². The van der Waals surface area contributed by atoms with Crippen LogP contribution in [-0.4, -0.2) is 41.6 Å². The zero-order valence-corrected chi connectivity index (χ0v) is 13.0. The molecule has 0 spiro atoms. The number of nitrogens with zero attached hydrogens (tertiary/aromatic N) is 2. The summed E-state index contributed by atoms with van der Waals surface area (Å²) >= 11 is 5.50. The summed E-state index contributed by atoms with van der Waals surface area (Å²) in [5.41, 5.74) is 3.05. The van der Waals surface area contributed by atoms with Crippen LogP contribution in [0.1, 0.15) is 40.0 Å². The van der Waals surface area contributed by atoms with Gasteiger partial charge in [0, 0.05) is 26.7 Å². The maximum absolute atomic E-state index is 5.50. The predicted molar refractivity (Wildman–Crippen MR) is 83.8 cm³/mol. The number of likely N-dealkylation sites (N-methyl/N-ethyl adjacent to an activating group) is 1. The molecule has 3 heteroatoms. The zero-order chi connectivity index (χ0) is 13.5. The molecule has 0 aromatic carbocycles. The summed E-state index contributed by atoms with van der Waals surface area (Å²) in [6, 6.07) is 0. The monoisotopic (exact) mass is 266 g/mol. The first kappa shape index (κ1) is 15.2. The van der Waals surface area contributed by atoms with Crippen LogP contribution in [0.2, 0.25) is 0 Å².